The molecule has 1 aromatic rings. The Morgan fingerprint density at radius 2 is 2.29 bits per heavy atom. The summed E-state index contributed by atoms with van der Waals surface area (Å²) in [6, 6.07) is 0. The highest BCUT2D eigenvalue weighted by Crippen LogP contribution is 2.25. The Labute approximate surface area is 85.0 Å². The summed E-state index contributed by atoms with van der Waals surface area (Å²) in [4.78, 5) is 8.44. The van der Waals surface area contributed by atoms with E-state index in [4.69, 9.17) is 0 Å². The quantitative estimate of drug-likeness (QED) is 0.733. The summed E-state index contributed by atoms with van der Waals surface area (Å²) in [6.07, 6.45) is 7.30. The van der Waals surface area contributed by atoms with Crippen molar-refractivity contribution < 1.29 is 0 Å². The molecule has 1 aliphatic heterocycles. The van der Waals surface area contributed by atoms with Crippen molar-refractivity contribution in [3.63, 3.8) is 0 Å². The average molecular weight is 191 g/mol. The topological polar surface area (TPSA) is 37.8 Å². The number of hydrogen-bond acceptors (Lipinski definition) is 3. The van der Waals surface area contributed by atoms with E-state index in [0.29, 0.717) is 5.92 Å². The molecule has 1 fully saturated rings. The van der Waals surface area contributed by atoms with Gasteiger partial charge in [0.2, 0.25) is 0 Å². The van der Waals surface area contributed by atoms with Crippen molar-refractivity contribution in [2.45, 2.75) is 32.1 Å². The fraction of sp³-hybridized carbons (Fsp3) is 0.636. The molecule has 1 N–H and O–H groups in total. The molecule has 3 heteroatoms. The van der Waals surface area contributed by atoms with E-state index < -0.39 is 0 Å². The first-order chi connectivity index (χ1) is 6.88. The van der Waals surface area contributed by atoms with Crippen LogP contribution in [0.25, 0.3) is 0 Å². The summed E-state index contributed by atoms with van der Waals surface area (Å²) >= 11 is 0. The second kappa shape index (κ2) is 4.51. The third-order valence-corrected chi connectivity index (χ3v) is 2.90. The van der Waals surface area contributed by atoms with Gasteiger partial charge in [-0.25, -0.2) is 9.97 Å². The lowest BCUT2D eigenvalue weighted by Crippen LogP contribution is -2.14. The Balaban J connectivity index is 2.16. The zero-order valence-electron chi connectivity index (χ0n) is 8.66. The third kappa shape index (κ3) is 2.10. The molecule has 1 unspecified atom stereocenters. The molecule has 1 aromatic heterocycles. The number of hydrogen-bond donors (Lipinski definition) is 1. The Bertz CT molecular complexity index is 290. The SMILES string of the molecule is Cc1cncnc1C1CCCNCC1. The van der Waals surface area contributed by atoms with Gasteiger partial charge in [0.05, 0.1) is 0 Å². The van der Waals surface area contributed by atoms with Crippen molar-refractivity contribution in [3.8, 4) is 0 Å². The van der Waals surface area contributed by atoms with Gasteiger partial charge in [-0.3, -0.25) is 0 Å². The molecular weight excluding hydrogens is 174 g/mol. The van der Waals surface area contributed by atoms with Gasteiger partial charge in [0, 0.05) is 17.8 Å². The molecule has 3 nitrogen and oxygen atoms in total. The number of aromatic nitrogens is 2. The number of nitrogens with zero attached hydrogens (tertiary/aromatic N) is 2. The fourth-order valence-electron chi connectivity index (χ4n) is 2.13. The Hall–Kier alpha value is -0.960. The van der Waals surface area contributed by atoms with Crippen LogP contribution in [0.15, 0.2) is 12.5 Å². The van der Waals surface area contributed by atoms with Gasteiger partial charge >= 0.3 is 0 Å². The molecule has 0 radical (unpaired) electrons. The molecule has 0 amide bonds. The van der Waals surface area contributed by atoms with Crippen molar-refractivity contribution in [1.82, 2.24) is 15.3 Å². The van der Waals surface area contributed by atoms with Gasteiger partial charge in [-0.1, -0.05) is 0 Å². The molecule has 0 saturated carbocycles. The standard InChI is InChI=1S/C11H17N3/c1-9-7-13-8-14-11(9)10-3-2-5-12-6-4-10/h7-8,10,12H,2-6H2,1H3. The summed E-state index contributed by atoms with van der Waals surface area (Å²) in [5.41, 5.74) is 2.49. The maximum Gasteiger partial charge on any atom is 0.115 e. The van der Waals surface area contributed by atoms with Crippen LogP contribution in [0.4, 0.5) is 0 Å². The van der Waals surface area contributed by atoms with Gasteiger partial charge in [0.25, 0.3) is 0 Å². The lowest BCUT2D eigenvalue weighted by molar-refractivity contribution is 0.588. The summed E-state index contributed by atoms with van der Waals surface area (Å²) in [6.45, 7) is 4.38. The average Bonchev–Trinajstić information content (AvgIpc) is 2.47. The summed E-state index contributed by atoms with van der Waals surface area (Å²) in [7, 11) is 0. The highest BCUT2D eigenvalue weighted by molar-refractivity contribution is 5.18. The van der Waals surface area contributed by atoms with E-state index in [2.05, 4.69) is 22.2 Å². The van der Waals surface area contributed by atoms with Crippen LogP contribution < -0.4 is 5.32 Å². The van der Waals surface area contributed by atoms with Crippen molar-refractivity contribution in [3.05, 3.63) is 23.8 Å². The first-order valence-corrected chi connectivity index (χ1v) is 5.35. The third-order valence-electron chi connectivity index (χ3n) is 2.90. The first-order valence-electron chi connectivity index (χ1n) is 5.35. The molecule has 1 saturated heterocycles. The molecule has 1 aliphatic rings. The maximum absolute atomic E-state index is 4.40. The highest BCUT2D eigenvalue weighted by Gasteiger charge is 2.16. The molecular formula is C11H17N3. The van der Waals surface area contributed by atoms with Crippen LogP contribution >= 0.6 is 0 Å². The van der Waals surface area contributed by atoms with Gasteiger partial charge in [-0.05, 0) is 44.8 Å². The minimum absolute atomic E-state index is 0.632. The molecule has 2 rings (SSSR count). The predicted octanol–water partition coefficient (Wildman–Crippen LogP) is 1.64. The first kappa shape index (κ1) is 9.59. The molecule has 1 atom stereocenters. The summed E-state index contributed by atoms with van der Waals surface area (Å²) in [5, 5.41) is 3.42. The summed E-state index contributed by atoms with van der Waals surface area (Å²) < 4.78 is 0. The molecule has 0 aliphatic carbocycles. The lowest BCUT2D eigenvalue weighted by atomic mass is 9.94. The van der Waals surface area contributed by atoms with Crippen LogP contribution in [0.2, 0.25) is 0 Å². The molecule has 14 heavy (non-hydrogen) atoms. The van der Waals surface area contributed by atoms with E-state index in [1.807, 2.05) is 6.20 Å². The van der Waals surface area contributed by atoms with Crippen molar-refractivity contribution in [2.75, 3.05) is 13.1 Å². The van der Waals surface area contributed by atoms with Crippen molar-refractivity contribution in [1.29, 1.82) is 0 Å². The second-order valence-electron chi connectivity index (χ2n) is 3.97. The predicted molar refractivity (Wildman–Crippen MR) is 56.2 cm³/mol. The van der Waals surface area contributed by atoms with Crippen LogP contribution in [0.5, 0.6) is 0 Å². The zero-order chi connectivity index (χ0) is 9.80. The van der Waals surface area contributed by atoms with Gasteiger partial charge in [-0.2, -0.15) is 0 Å². The largest absolute Gasteiger partial charge is 0.317 e. The van der Waals surface area contributed by atoms with E-state index in [0.717, 1.165) is 13.1 Å². The Kier molecular flexibility index (Phi) is 3.09. The number of nitrogens with one attached hydrogen (secondary N) is 1. The molecule has 2 heterocycles. The van der Waals surface area contributed by atoms with E-state index in [9.17, 15) is 0 Å². The van der Waals surface area contributed by atoms with E-state index in [1.165, 1.54) is 30.5 Å². The molecule has 0 spiro atoms. The zero-order valence-corrected chi connectivity index (χ0v) is 8.66. The maximum atomic E-state index is 4.40. The van der Waals surface area contributed by atoms with Crippen LogP contribution in [0.1, 0.15) is 36.4 Å². The lowest BCUT2D eigenvalue weighted by Gasteiger charge is -2.14. The Morgan fingerprint density at radius 1 is 1.36 bits per heavy atom. The number of rotatable bonds is 1. The molecule has 0 aromatic carbocycles. The fourth-order valence-corrected chi connectivity index (χ4v) is 2.13. The Morgan fingerprint density at radius 3 is 3.14 bits per heavy atom. The minimum Gasteiger partial charge on any atom is -0.317 e. The molecule has 0 bridgehead atoms. The van der Waals surface area contributed by atoms with Crippen LogP contribution in [0.3, 0.4) is 0 Å². The van der Waals surface area contributed by atoms with Crippen molar-refractivity contribution >= 4 is 0 Å². The molecule has 76 valence electrons. The highest BCUT2D eigenvalue weighted by atomic mass is 14.9. The van der Waals surface area contributed by atoms with E-state index in [-0.39, 0.29) is 0 Å². The normalized spacial score (nSPS) is 23.1. The second-order valence-corrected chi connectivity index (χ2v) is 3.97. The van der Waals surface area contributed by atoms with Gasteiger partial charge in [0.15, 0.2) is 0 Å². The monoisotopic (exact) mass is 191 g/mol. The van der Waals surface area contributed by atoms with E-state index >= 15 is 0 Å². The minimum atomic E-state index is 0.632. The van der Waals surface area contributed by atoms with Gasteiger partial charge in [0.1, 0.15) is 6.33 Å². The van der Waals surface area contributed by atoms with Crippen LogP contribution in [0, 0.1) is 6.92 Å². The van der Waals surface area contributed by atoms with Gasteiger partial charge < -0.3 is 5.32 Å². The summed E-state index contributed by atoms with van der Waals surface area (Å²) in [5.74, 6) is 0.632. The van der Waals surface area contributed by atoms with Gasteiger partial charge in [-0.15, -0.1) is 0 Å². The number of aryl methyl sites for hydroxylation is 1. The smallest absolute Gasteiger partial charge is 0.115 e. The van der Waals surface area contributed by atoms with E-state index in [1.54, 1.807) is 6.33 Å². The van der Waals surface area contributed by atoms with Crippen LogP contribution in [-0.4, -0.2) is 23.1 Å². The van der Waals surface area contributed by atoms with Crippen LogP contribution in [-0.2, 0) is 0 Å². The van der Waals surface area contributed by atoms with Crippen molar-refractivity contribution in [2.24, 2.45) is 0 Å².